The molecule has 0 radical (unpaired) electrons. The number of benzene rings is 2. The maximum Gasteiger partial charge on any atom is 0.251 e. The normalized spacial score (nSPS) is 10.9. The van der Waals surface area contributed by atoms with Crippen molar-refractivity contribution >= 4 is 22.6 Å². The summed E-state index contributed by atoms with van der Waals surface area (Å²) in [5, 5.41) is 3.69. The van der Waals surface area contributed by atoms with Crippen LogP contribution in [-0.2, 0) is 11.2 Å². The van der Waals surface area contributed by atoms with Gasteiger partial charge in [0, 0.05) is 35.9 Å². The van der Waals surface area contributed by atoms with Crippen LogP contribution in [0.4, 0.5) is 4.39 Å². The van der Waals surface area contributed by atoms with Gasteiger partial charge in [-0.25, -0.2) is 4.39 Å². The maximum absolute atomic E-state index is 13.6. The third kappa shape index (κ3) is 4.96. The van der Waals surface area contributed by atoms with Gasteiger partial charge in [-0.15, -0.1) is 0 Å². The van der Waals surface area contributed by atoms with Crippen LogP contribution < -0.4 is 10.9 Å². The van der Waals surface area contributed by atoms with E-state index >= 15 is 0 Å². The van der Waals surface area contributed by atoms with E-state index in [0.717, 1.165) is 22.0 Å². The van der Waals surface area contributed by atoms with E-state index in [0.29, 0.717) is 12.0 Å². The maximum atomic E-state index is 13.6. The van der Waals surface area contributed by atoms with E-state index in [-0.39, 0.29) is 36.4 Å². The Morgan fingerprint density at radius 3 is 2.59 bits per heavy atom. The summed E-state index contributed by atoms with van der Waals surface area (Å²) in [6, 6.07) is 11.6. The predicted octanol–water partition coefficient (Wildman–Crippen LogP) is 3.61. The first-order valence-electron chi connectivity index (χ1n) is 9.52. The fourth-order valence-electron chi connectivity index (χ4n) is 3.38. The Morgan fingerprint density at radius 2 is 1.83 bits per heavy atom. The molecule has 0 aliphatic heterocycles. The monoisotopic (exact) mass is 394 g/mol. The molecule has 3 rings (SSSR count). The zero-order valence-corrected chi connectivity index (χ0v) is 16.5. The topological polar surface area (TPSA) is 79.0 Å². The first kappa shape index (κ1) is 20.5. The molecule has 0 bridgehead atoms. The summed E-state index contributed by atoms with van der Waals surface area (Å²) >= 11 is 0. The molecule has 0 aliphatic rings. The molecule has 2 N–H and O–H groups in total. The number of amides is 1. The summed E-state index contributed by atoms with van der Waals surface area (Å²) in [7, 11) is 0. The minimum Gasteiger partial charge on any atom is -0.356 e. The summed E-state index contributed by atoms with van der Waals surface area (Å²) in [4.78, 5) is 39.2. The second kappa shape index (κ2) is 8.82. The quantitative estimate of drug-likeness (QED) is 0.601. The first-order valence-corrected chi connectivity index (χ1v) is 9.52. The van der Waals surface area contributed by atoms with E-state index in [1.54, 1.807) is 6.07 Å². The Morgan fingerprint density at radius 1 is 1.07 bits per heavy atom. The van der Waals surface area contributed by atoms with Gasteiger partial charge in [0.05, 0.1) is 5.56 Å². The minimum absolute atomic E-state index is 0.00592. The highest BCUT2D eigenvalue weighted by atomic mass is 19.1. The van der Waals surface area contributed by atoms with Gasteiger partial charge in [0.2, 0.25) is 5.91 Å². The zero-order chi connectivity index (χ0) is 21.0. The van der Waals surface area contributed by atoms with Crippen LogP contribution in [0.3, 0.4) is 0 Å². The highest BCUT2D eigenvalue weighted by molar-refractivity contribution is 5.98. The molecule has 0 fully saturated rings. The average Bonchev–Trinajstić information content (AvgIpc) is 2.67. The molecule has 0 saturated heterocycles. The van der Waals surface area contributed by atoms with Crippen LogP contribution in [-0.4, -0.2) is 23.2 Å². The standard InChI is InChI=1S/C23H23FN2O3/c1-14-11-15(2)18-13-16(23(29)26-20(18)12-14)9-10-25-22(28)8-7-21(27)17-5-3-4-6-19(17)24/h3-6,11-13H,7-10H2,1-2H3,(H,25,28)(H,26,29). The van der Waals surface area contributed by atoms with Crippen LogP contribution >= 0.6 is 0 Å². The summed E-state index contributed by atoms with van der Waals surface area (Å²) < 4.78 is 13.6. The molecule has 1 amide bonds. The molecule has 0 unspecified atom stereocenters. The fourth-order valence-corrected chi connectivity index (χ4v) is 3.38. The second-order valence-electron chi connectivity index (χ2n) is 7.17. The van der Waals surface area contributed by atoms with E-state index in [4.69, 9.17) is 0 Å². The molecule has 3 aromatic rings. The van der Waals surface area contributed by atoms with Crippen molar-refractivity contribution in [2.75, 3.05) is 6.54 Å². The Hall–Kier alpha value is -3.28. The largest absolute Gasteiger partial charge is 0.356 e. The molecule has 0 spiro atoms. The number of carbonyl (C=O) groups excluding carboxylic acids is 2. The molecule has 5 nitrogen and oxygen atoms in total. The van der Waals surface area contributed by atoms with Crippen LogP contribution in [0, 0.1) is 19.7 Å². The molecule has 1 aromatic heterocycles. The number of H-pyrrole nitrogens is 1. The van der Waals surface area contributed by atoms with Crippen molar-refractivity contribution in [3.05, 3.63) is 80.9 Å². The van der Waals surface area contributed by atoms with Crippen molar-refractivity contribution < 1.29 is 14.0 Å². The van der Waals surface area contributed by atoms with Crippen LogP contribution in [0.25, 0.3) is 10.9 Å². The van der Waals surface area contributed by atoms with E-state index in [9.17, 15) is 18.8 Å². The first-order chi connectivity index (χ1) is 13.8. The molecule has 2 aromatic carbocycles. The minimum atomic E-state index is -0.584. The van der Waals surface area contributed by atoms with Gasteiger partial charge >= 0.3 is 0 Å². The van der Waals surface area contributed by atoms with Gasteiger partial charge in [-0.3, -0.25) is 14.4 Å². The smallest absolute Gasteiger partial charge is 0.251 e. The number of aromatic amines is 1. The number of carbonyl (C=O) groups is 2. The highest BCUT2D eigenvalue weighted by Crippen LogP contribution is 2.18. The average molecular weight is 394 g/mol. The number of ketones is 1. The third-order valence-corrected chi connectivity index (χ3v) is 4.86. The number of hydrogen-bond donors (Lipinski definition) is 2. The number of nitrogens with one attached hydrogen (secondary N) is 2. The van der Waals surface area contributed by atoms with Crippen LogP contribution in [0.1, 0.15) is 39.9 Å². The Kier molecular flexibility index (Phi) is 6.22. The molecule has 0 saturated carbocycles. The van der Waals surface area contributed by atoms with Crippen molar-refractivity contribution in [2.45, 2.75) is 33.1 Å². The van der Waals surface area contributed by atoms with Crippen molar-refractivity contribution in [1.29, 1.82) is 0 Å². The van der Waals surface area contributed by atoms with Crippen LogP contribution in [0.2, 0.25) is 0 Å². The second-order valence-corrected chi connectivity index (χ2v) is 7.17. The molecular weight excluding hydrogens is 371 g/mol. The highest BCUT2D eigenvalue weighted by Gasteiger charge is 2.13. The Bertz CT molecular complexity index is 1130. The Labute approximate surface area is 168 Å². The molecule has 1 heterocycles. The van der Waals surface area contributed by atoms with Gasteiger partial charge in [-0.2, -0.15) is 0 Å². The number of hydrogen-bond acceptors (Lipinski definition) is 3. The molecule has 0 aliphatic carbocycles. The molecule has 0 atom stereocenters. The Balaban J connectivity index is 1.55. The SMILES string of the molecule is Cc1cc(C)c2cc(CCNC(=O)CCC(=O)c3ccccc3F)c(=O)[nH]c2c1. The molecule has 29 heavy (non-hydrogen) atoms. The zero-order valence-electron chi connectivity index (χ0n) is 16.5. The van der Waals surface area contributed by atoms with E-state index < -0.39 is 11.6 Å². The lowest BCUT2D eigenvalue weighted by molar-refractivity contribution is -0.121. The molecular formula is C23H23FN2O3. The van der Waals surface area contributed by atoms with Gasteiger partial charge < -0.3 is 10.3 Å². The van der Waals surface area contributed by atoms with E-state index in [1.807, 2.05) is 26.0 Å². The van der Waals surface area contributed by atoms with Gasteiger partial charge in [-0.1, -0.05) is 18.2 Å². The summed E-state index contributed by atoms with van der Waals surface area (Å²) in [5.74, 6) is -1.30. The van der Waals surface area contributed by atoms with E-state index in [1.165, 1.54) is 18.2 Å². The lowest BCUT2D eigenvalue weighted by Crippen LogP contribution is -2.27. The van der Waals surface area contributed by atoms with Gasteiger partial charge in [0.25, 0.3) is 5.56 Å². The van der Waals surface area contributed by atoms with E-state index in [2.05, 4.69) is 16.4 Å². The summed E-state index contributed by atoms with van der Waals surface area (Å²) in [6.07, 6.45) is 0.285. The fraction of sp³-hybridized carbons (Fsp3) is 0.261. The number of pyridine rings is 1. The number of aryl methyl sites for hydroxylation is 2. The van der Waals surface area contributed by atoms with Gasteiger partial charge in [0.15, 0.2) is 5.78 Å². The number of rotatable bonds is 7. The number of aromatic nitrogens is 1. The van der Waals surface area contributed by atoms with Crippen molar-refractivity contribution in [3.63, 3.8) is 0 Å². The lowest BCUT2D eigenvalue weighted by Gasteiger charge is -2.08. The van der Waals surface area contributed by atoms with Crippen molar-refractivity contribution in [1.82, 2.24) is 10.3 Å². The molecule has 6 heteroatoms. The summed E-state index contributed by atoms with van der Waals surface area (Å²) in [5.41, 5.74) is 3.36. The third-order valence-electron chi connectivity index (χ3n) is 4.86. The molecule has 150 valence electrons. The lowest BCUT2D eigenvalue weighted by atomic mass is 10.0. The van der Waals surface area contributed by atoms with Crippen LogP contribution in [0.5, 0.6) is 0 Å². The number of Topliss-reactive ketones (excluding diaryl/α,β-unsaturated/α-hetero) is 1. The number of halogens is 1. The summed E-state index contributed by atoms with van der Waals surface area (Å²) in [6.45, 7) is 4.25. The van der Waals surface area contributed by atoms with Crippen LogP contribution in [0.15, 0.2) is 47.3 Å². The van der Waals surface area contributed by atoms with Crippen molar-refractivity contribution in [3.8, 4) is 0 Å². The van der Waals surface area contributed by atoms with Gasteiger partial charge in [-0.05, 0) is 55.7 Å². The number of fused-ring (bicyclic) bond motifs is 1. The van der Waals surface area contributed by atoms with Crippen molar-refractivity contribution in [2.24, 2.45) is 0 Å². The van der Waals surface area contributed by atoms with Gasteiger partial charge in [0.1, 0.15) is 5.82 Å². The predicted molar refractivity (Wildman–Crippen MR) is 111 cm³/mol.